The Hall–Kier alpha value is -2.40. The average molecular weight is 451 g/mol. The Kier molecular flexibility index (Phi) is 5.51. The van der Waals surface area contributed by atoms with E-state index in [1.807, 2.05) is 18.2 Å². The van der Waals surface area contributed by atoms with E-state index in [0.717, 1.165) is 56.1 Å². The molecule has 3 fully saturated rings. The van der Waals surface area contributed by atoms with Crippen molar-refractivity contribution in [1.82, 2.24) is 0 Å². The highest BCUT2D eigenvalue weighted by atomic mass is 16.5. The topological polar surface area (TPSA) is 83.8 Å². The van der Waals surface area contributed by atoms with Crippen LogP contribution in [0.4, 0.5) is 0 Å². The number of aliphatic hydroxyl groups is 1. The Morgan fingerprint density at radius 1 is 1.09 bits per heavy atom. The SMILES string of the molecule is CC12CCC3C(CC=C4C[C@@H](O)CCC43C)C1C/C(=C\c1ccc(OCC(=O)O)cc1)C2=O. The van der Waals surface area contributed by atoms with Crippen molar-refractivity contribution in [3.63, 3.8) is 0 Å². The van der Waals surface area contributed by atoms with Gasteiger partial charge < -0.3 is 14.9 Å². The molecule has 0 heterocycles. The number of carboxylic acids is 1. The molecule has 0 radical (unpaired) electrons. The number of benzene rings is 1. The van der Waals surface area contributed by atoms with E-state index in [1.54, 1.807) is 12.1 Å². The lowest BCUT2D eigenvalue weighted by Gasteiger charge is -2.56. The third-order valence-electron chi connectivity index (χ3n) is 9.30. The van der Waals surface area contributed by atoms with Crippen LogP contribution >= 0.6 is 0 Å². The van der Waals surface area contributed by atoms with Gasteiger partial charge in [0.25, 0.3) is 0 Å². The predicted molar refractivity (Wildman–Crippen MR) is 126 cm³/mol. The van der Waals surface area contributed by atoms with Crippen LogP contribution < -0.4 is 4.74 Å². The first kappa shape index (κ1) is 22.4. The number of allylic oxidation sites excluding steroid dienone is 2. The fraction of sp³-hybridized carbons (Fsp3) is 0.571. The van der Waals surface area contributed by atoms with Crippen molar-refractivity contribution in [1.29, 1.82) is 0 Å². The standard InChI is InChI=1S/C28H34O5/c1-27-11-9-20(29)15-19(27)5-8-22-23(27)10-12-28(2)24(22)14-18(26(28)32)13-17-3-6-21(7-4-17)33-16-25(30)31/h3-7,13,20,22-24,29H,8-12,14-16H2,1-2H3,(H,30,31)/b18-13+/t20-,22?,23?,24?,27?,28?/m0/s1. The van der Waals surface area contributed by atoms with Crippen LogP contribution in [0.2, 0.25) is 0 Å². The number of rotatable bonds is 4. The first-order chi connectivity index (χ1) is 15.7. The number of carbonyl (C=O) groups is 2. The van der Waals surface area contributed by atoms with Gasteiger partial charge in [-0.2, -0.15) is 0 Å². The number of fused-ring (bicyclic) bond motifs is 5. The summed E-state index contributed by atoms with van der Waals surface area (Å²) in [5, 5.41) is 19.0. The predicted octanol–water partition coefficient (Wildman–Crippen LogP) is 5.04. The third kappa shape index (κ3) is 3.74. The molecule has 2 N–H and O–H groups in total. The van der Waals surface area contributed by atoms with Crippen molar-refractivity contribution in [2.45, 2.75) is 64.9 Å². The minimum atomic E-state index is -1.00. The average Bonchev–Trinajstić information content (AvgIpc) is 3.04. The van der Waals surface area contributed by atoms with Gasteiger partial charge in [-0.3, -0.25) is 4.79 Å². The van der Waals surface area contributed by atoms with Gasteiger partial charge in [-0.05, 0) is 97.5 Å². The highest BCUT2D eigenvalue weighted by Gasteiger charge is 2.59. The molecule has 5 rings (SSSR count). The Labute approximate surface area is 195 Å². The van der Waals surface area contributed by atoms with Crippen LogP contribution in [0.15, 0.2) is 41.5 Å². The van der Waals surface area contributed by atoms with Gasteiger partial charge in [-0.25, -0.2) is 4.79 Å². The maximum atomic E-state index is 13.6. The van der Waals surface area contributed by atoms with Crippen LogP contribution in [0, 0.1) is 28.6 Å². The second-order valence-electron chi connectivity index (χ2n) is 11.1. The lowest BCUT2D eigenvalue weighted by Crippen LogP contribution is -2.50. The van der Waals surface area contributed by atoms with Crippen LogP contribution in [0.25, 0.3) is 6.08 Å². The summed E-state index contributed by atoms with van der Waals surface area (Å²) in [5.74, 6) is 1.30. The van der Waals surface area contributed by atoms with Crippen molar-refractivity contribution in [3.05, 3.63) is 47.1 Å². The smallest absolute Gasteiger partial charge is 0.341 e. The van der Waals surface area contributed by atoms with Gasteiger partial charge in [0.2, 0.25) is 0 Å². The Morgan fingerprint density at radius 3 is 2.55 bits per heavy atom. The summed E-state index contributed by atoms with van der Waals surface area (Å²) >= 11 is 0. The van der Waals surface area contributed by atoms with Crippen molar-refractivity contribution in [2.75, 3.05) is 6.61 Å². The summed E-state index contributed by atoms with van der Waals surface area (Å²) in [6.45, 7) is 4.23. The Bertz CT molecular complexity index is 1020. The van der Waals surface area contributed by atoms with Crippen LogP contribution in [0.1, 0.15) is 64.4 Å². The highest BCUT2D eigenvalue weighted by molar-refractivity contribution is 6.06. The quantitative estimate of drug-likeness (QED) is 0.496. The zero-order chi connectivity index (χ0) is 23.4. The number of ether oxygens (including phenoxy) is 1. The largest absolute Gasteiger partial charge is 0.482 e. The van der Waals surface area contributed by atoms with Crippen molar-refractivity contribution < 1.29 is 24.5 Å². The molecule has 1 aromatic carbocycles. The Balaban J connectivity index is 1.38. The fourth-order valence-electron chi connectivity index (χ4n) is 7.45. The van der Waals surface area contributed by atoms with E-state index in [0.29, 0.717) is 29.3 Å². The minimum Gasteiger partial charge on any atom is -0.482 e. The summed E-state index contributed by atoms with van der Waals surface area (Å²) in [7, 11) is 0. The van der Waals surface area contributed by atoms with Gasteiger partial charge in [0, 0.05) is 5.41 Å². The zero-order valence-corrected chi connectivity index (χ0v) is 19.5. The molecule has 0 spiro atoms. The number of carboxylic acid groups (broad SMARTS) is 1. The Morgan fingerprint density at radius 2 is 1.82 bits per heavy atom. The summed E-state index contributed by atoms with van der Waals surface area (Å²) in [4.78, 5) is 24.3. The molecule has 1 aromatic rings. The van der Waals surface area contributed by atoms with Gasteiger partial charge in [-0.15, -0.1) is 0 Å². The normalized spacial score (nSPS) is 38.8. The molecule has 5 heteroatoms. The molecule has 6 atom stereocenters. The molecule has 0 aromatic heterocycles. The maximum Gasteiger partial charge on any atom is 0.341 e. The molecule has 0 saturated heterocycles. The van der Waals surface area contributed by atoms with Gasteiger partial charge in [0.1, 0.15) is 5.75 Å². The number of ketones is 1. The molecule has 33 heavy (non-hydrogen) atoms. The molecule has 4 aliphatic carbocycles. The molecule has 176 valence electrons. The molecular weight excluding hydrogens is 416 g/mol. The fourth-order valence-corrected chi connectivity index (χ4v) is 7.45. The number of aliphatic hydroxyl groups excluding tert-OH is 1. The molecule has 5 nitrogen and oxygen atoms in total. The van der Waals surface area contributed by atoms with E-state index in [-0.39, 0.29) is 23.5 Å². The van der Waals surface area contributed by atoms with E-state index in [2.05, 4.69) is 19.9 Å². The molecule has 4 aliphatic rings. The monoisotopic (exact) mass is 450 g/mol. The number of Topliss-reactive ketones (excluding diaryl/α,β-unsaturated/α-hetero) is 1. The van der Waals surface area contributed by atoms with Gasteiger partial charge in [0.05, 0.1) is 6.10 Å². The van der Waals surface area contributed by atoms with Crippen LogP contribution in [-0.2, 0) is 9.59 Å². The summed E-state index contributed by atoms with van der Waals surface area (Å²) < 4.78 is 5.22. The van der Waals surface area contributed by atoms with Crippen molar-refractivity contribution in [2.24, 2.45) is 28.6 Å². The molecule has 5 unspecified atom stereocenters. The van der Waals surface area contributed by atoms with E-state index in [1.165, 1.54) is 5.57 Å². The first-order valence-electron chi connectivity index (χ1n) is 12.3. The molecular formula is C28H34O5. The van der Waals surface area contributed by atoms with Crippen LogP contribution in [0.3, 0.4) is 0 Å². The maximum absolute atomic E-state index is 13.6. The zero-order valence-electron chi connectivity index (χ0n) is 19.5. The van der Waals surface area contributed by atoms with E-state index in [4.69, 9.17) is 9.84 Å². The lowest BCUT2D eigenvalue weighted by atomic mass is 9.48. The molecule has 3 saturated carbocycles. The van der Waals surface area contributed by atoms with E-state index in [9.17, 15) is 14.7 Å². The number of carbonyl (C=O) groups excluding carboxylic acids is 1. The number of hydrogen-bond acceptors (Lipinski definition) is 4. The van der Waals surface area contributed by atoms with Crippen molar-refractivity contribution >= 4 is 17.8 Å². The number of aliphatic carboxylic acids is 1. The van der Waals surface area contributed by atoms with E-state index < -0.39 is 5.97 Å². The minimum absolute atomic E-state index is 0.171. The number of hydrogen-bond donors (Lipinski definition) is 2. The summed E-state index contributed by atoms with van der Waals surface area (Å²) in [6, 6.07) is 7.28. The van der Waals surface area contributed by atoms with Gasteiger partial charge >= 0.3 is 5.97 Å². The summed E-state index contributed by atoms with van der Waals surface area (Å²) in [6.07, 6.45) is 10.9. The summed E-state index contributed by atoms with van der Waals surface area (Å²) in [5.41, 5.74) is 3.20. The van der Waals surface area contributed by atoms with Gasteiger partial charge in [0.15, 0.2) is 12.4 Å². The highest BCUT2D eigenvalue weighted by Crippen LogP contribution is 2.64. The molecule has 0 aliphatic heterocycles. The second-order valence-corrected chi connectivity index (χ2v) is 11.1. The molecule has 0 bridgehead atoms. The van der Waals surface area contributed by atoms with Gasteiger partial charge in [-0.1, -0.05) is 37.6 Å². The molecule has 0 amide bonds. The van der Waals surface area contributed by atoms with E-state index >= 15 is 0 Å². The van der Waals surface area contributed by atoms with Crippen LogP contribution in [0.5, 0.6) is 5.75 Å². The van der Waals surface area contributed by atoms with Crippen molar-refractivity contribution in [3.8, 4) is 5.75 Å². The third-order valence-corrected chi connectivity index (χ3v) is 9.30. The second kappa shape index (κ2) is 8.12. The van der Waals surface area contributed by atoms with Crippen LogP contribution in [-0.4, -0.2) is 34.7 Å². The first-order valence-corrected chi connectivity index (χ1v) is 12.3. The lowest BCUT2D eigenvalue weighted by molar-refractivity contribution is -0.139.